The molecule has 0 amide bonds. The van der Waals surface area contributed by atoms with Crippen molar-refractivity contribution >= 4 is 24.1 Å². The molecular formula is C22H18O4. The van der Waals surface area contributed by atoms with Gasteiger partial charge in [-0.3, -0.25) is 0 Å². The molecule has 0 saturated carbocycles. The molecule has 0 atom stereocenters. The molecule has 0 aliphatic rings. The van der Waals surface area contributed by atoms with E-state index in [0.29, 0.717) is 0 Å². The van der Waals surface area contributed by atoms with Crippen molar-refractivity contribution in [2.24, 2.45) is 0 Å². The lowest BCUT2D eigenvalue weighted by Gasteiger charge is -1.94. The van der Waals surface area contributed by atoms with E-state index in [2.05, 4.69) is 36.4 Å². The average molecular weight is 346 g/mol. The van der Waals surface area contributed by atoms with Crippen molar-refractivity contribution in [2.45, 2.75) is 0 Å². The third-order valence-corrected chi connectivity index (χ3v) is 3.45. The molecule has 26 heavy (non-hydrogen) atoms. The molecule has 0 spiro atoms. The molecule has 0 aromatic heterocycles. The summed E-state index contributed by atoms with van der Waals surface area (Å²) in [4.78, 5) is 20.7. The summed E-state index contributed by atoms with van der Waals surface area (Å²) in [5.74, 6) is -2.13. The zero-order chi connectivity index (χ0) is 18.8. The smallest absolute Gasteiger partial charge is 0.335 e. The highest BCUT2D eigenvalue weighted by molar-refractivity contribution is 5.91. The molecule has 2 N–H and O–H groups in total. The van der Waals surface area contributed by atoms with E-state index in [4.69, 9.17) is 10.2 Å². The minimum absolute atomic E-state index is 0.0833. The monoisotopic (exact) mass is 346 g/mol. The Morgan fingerprint density at radius 3 is 1.12 bits per heavy atom. The van der Waals surface area contributed by atoms with Gasteiger partial charge in [0.05, 0.1) is 11.1 Å². The van der Waals surface area contributed by atoms with E-state index in [1.54, 1.807) is 0 Å². The van der Waals surface area contributed by atoms with Gasteiger partial charge in [0.1, 0.15) is 0 Å². The summed E-state index contributed by atoms with van der Waals surface area (Å²) in [6.07, 6.45) is 4.24. The van der Waals surface area contributed by atoms with Crippen molar-refractivity contribution in [1.29, 1.82) is 0 Å². The van der Waals surface area contributed by atoms with Gasteiger partial charge in [0.25, 0.3) is 0 Å². The summed E-state index contributed by atoms with van der Waals surface area (Å²) in [7, 11) is 0. The Morgan fingerprint density at radius 2 is 0.846 bits per heavy atom. The fourth-order valence-electron chi connectivity index (χ4n) is 2.08. The van der Waals surface area contributed by atoms with E-state index in [1.165, 1.54) is 35.4 Å². The van der Waals surface area contributed by atoms with Crippen LogP contribution >= 0.6 is 0 Å². The topological polar surface area (TPSA) is 74.6 Å². The van der Waals surface area contributed by atoms with Crippen LogP contribution in [0.25, 0.3) is 12.2 Å². The Balaban J connectivity index is 0.000000190. The number of benzene rings is 3. The SMILES string of the molecule is C(=Cc1ccccc1)c1ccccc1.O=C(O)c1ccc(C(=O)O)cc1. The Kier molecular flexibility index (Phi) is 6.89. The number of hydrogen-bond donors (Lipinski definition) is 2. The largest absolute Gasteiger partial charge is 0.478 e. The van der Waals surface area contributed by atoms with Crippen LogP contribution < -0.4 is 0 Å². The fourth-order valence-corrected chi connectivity index (χ4v) is 2.08. The maximum absolute atomic E-state index is 10.3. The number of carboxylic acid groups (broad SMARTS) is 2. The zero-order valence-electron chi connectivity index (χ0n) is 13.9. The third-order valence-electron chi connectivity index (χ3n) is 3.45. The molecule has 3 aromatic rings. The molecule has 130 valence electrons. The van der Waals surface area contributed by atoms with Gasteiger partial charge in [-0.15, -0.1) is 0 Å². The predicted octanol–water partition coefficient (Wildman–Crippen LogP) is 4.94. The van der Waals surface area contributed by atoms with Crippen LogP contribution in [-0.2, 0) is 0 Å². The van der Waals surface area contributed by atoms with Crippen LogP contribution in [0.1, 0.15) is 31.8 Å². The van der Waals surface area contributed by atoms with Crippen LogP contribution in [0, 0.1) is 0 Å². The zero-order valence-corrected chi connectivity index (χ0v) is 13.9. The van der Waals surface area contributed by atoms with Crippen molar-refractivity contribution in [3.63, 3.8) is 0 Å². The summed E-state index contributed by atoms with van der Waals surface area (Å²) >= 11 is 0. The van der Waals surface area contributed by atoms with Gasteiger partial charge < -0.3 is 10.2 Å². The van der Waals surface area contributed by atoms with Gasteiger partial charge in [-0.1, -0.05) is 72.8 Å². The lowest BCUT2D eigenvalue weighted by atomic mass is 10.1. The van der Waals surface area contributed by atoms with Crippen LogP contribution in [0.5, 0.6) is 0 Å². The summed E-state index contributed by atoms with van der Waals surface area (Å²) < 4.78 is 0. The first kappa shape index (κ1) is 18.7. The summed E-state index contributed by atoms with van der Waals surface area (Å²) in [5, 5.41) is 16.9. The average Bonchev–Trinajstić information content (AvgIpc) is 2.68. The van der Waals surface area contributed by atoms with Gasteiger partial charge >= 0.3 is 11.9 Å². The molecule has 4 nitrogen and oxygen atoms in total. The summed E-state index contributed by atoms with van der Waals surface area (Å²) in [6.45, 7) is 0. The number of hydrogen-bond acceptors (Lipinski definition) is 2. The second kappa shape index (κ2) is 9.59. The first-order chi connectivity index (χ1) is 12.6. The van der Waals surface area contributed by atoms with Gasteiger partial charge in [0.15, 0.2) is 0 Å². The highest BCUT2D eigenvalue weighted by Gasteiger charge is 2.04. The standard InChI is InChI=1S/C14H12.C8H6O4/c1-3-7-13(8-4-1)11-12-14-9-5-2-6-10-14;9-7(10)5-1-2-6(4-3-5)8(11)12/h1-12H;1-4H,(H,9,10)(H,11,12). The molecule has 0 radical (unpaired) electrons. The molecule has 0 fully saturated rings. The number of rotatable bonds is 4. The number of carboxylic acids is 2. The third kappa shape index (κ3) is 6.09. The van der Waals surface area contributed by atoms with Crippen molar-refractivity contribution in [2.75, 3.05) is 0 Å². The molecule has 3 aromatic carbocycles. The number of carbonyl (C=O) groups is 2. The van der Waals surface area contributed by atoms with E-state index < -0.39 is 11.9 Å². The van der Waals surface area contributed by atoms with E-state index in [0.717, 1.165) is 0 Å². The number of aromatic carboxylic acids is 2. The first-order valence-corrected chi connectivity index (χ1v) is 7.91. The fraction of sp³-hybridized carbons (Fsp3) is 0. The predicted molar refractivity (Wildman–Crippen MR) is 102 cm³/mol. The van der Waals surface area contributed by atoms with Crippen LogP contribution in [-0.4, -0.2) is 22.2 Å². The van der Waals surface area contributed by atoms with E-state index >= 15 is 0 Å². The summed E-state index contributed by atoms with van der Waals surface area (Å²) in [6, 6.07) is 25.7. The van der Waals surface area contributed by atoms with Gasteiger partial charge in [0.2, 0.25) is 0 Å². The molecule has 0 heterocycles. The minimum atomic E-state index is -1.06. The Morgan fingerprint density at radius 1 is 0.538 bits per heavy atom. The summed E-state index contributed by atoms with van der Waals surface area (Å²) in [5.41, 5.74) is 2.63. The van der Waals surface area contributed by atoms with Crippen molar-refractivity contribution in [3.8, 4) is 0 Å². The van der Waals surface area contributed by atoms with Gasteiger partial charge in [-0.05, 0) is 35.4 Å². The molecule has 4 heteroatoms. The molecule has 0 unspecified atom stereocenters. The molecule has 0 bridgehead atoms. The van der Waals surface area contributed by atoms with Gasteiger partial charge in [-0.25, -0.2) is 9.59 Å². The first-order valence-electron chi connectivity index (χ1n) is 7.91. The van der Waals surface area contributed by atoms with Crippen molar-refractivity contribution in [1.82, 2.24) is 0 Å². The lowest BCUT2D eigenvalue weighted by Crippen LogP contribution is -1.99. The molecular weight excluding hydrogens is 328 g/mol. The molecule has 3 rings (SSSR count). The normalized spacial score (nSPS) is 10.0. The molecule has 0 saturated heterocycles. The highest BCUT2D eigenvalue weighted by Crippen LogP contribution is 2.07. The van der Waals surface area contributed by atoms with Crippen molar-refractivity contribution in [3.05, 3.63) is 107 Å². The Bertz CT molecular complexity index is 793. The van der Waals surface area contributed by atoms with E-state index in [1.807, 2.05) is 36.4 Å². The second-order valence-electron chi connectivity index (χ2n) is 5.34. The lowest BCUT2D eigenvalue weighted by molar-refractivity contribution is 0.0681. The van der Waals surface area contributed by atoms with Crippen LogP contribution in [0.15, 0.2) is 84.9 Å². The van der Waals surface area contributed by atoms with Crippen LogP contribution in [0.4, 0.5) is 0 Å². The van der Waals surface area contributed by atoms with E-state index in [9.17, 15) is 9.59 Å². The quantitative estimate of drug-likeness (QED) is 0.656. The van der Waals surface area contributed by atoms with Crippen LogP contribution in [0.3, 0.4) is 0 Å². The van der Waals surface area contributed by atoms with E-state index in [-0.39, 0.29) is 11.1 Å². The maximum atomic E-state index is 10.3. The van der Waals surface area contributed by atoms with Gasteiger partial charge in [-0.2, -0.15) is 0 Å². The molecule has 0 aliphatic carbocycles. The second-order valence-corrected chi connectivity index (χ2v) is 5.34. The highest BCUT2D eigenvalue weighted by atomic mass is 16.4. The van der Waals surface area contributed by atoms with Gasteiger partial charge in [0, 0.05) is 0 Å². The van der Waals surface area contributed by atoms with Crippen molar-refractivity contribution < 1.29 is 19.8 Å². The van der Waals surface area contributed by atoms with Crippen LogP contribution in [0.2, 0.25) is 0 Å². The Hall–Kier alpha value is -3.66. The Labute approximate surface area is 151 Å². The molecule has 0 aliphatic heterocycles. The minimum Gasteiger partial charge on any atom is -0.478 e. The maximum Gasteiger partial charge on any atom is 0.335 e.